The SMILES string of the molecule is CC[C@H](C[C@@H](O)[C@@H](C)[C@H]1CC[C@H]2[C@@H]3C[C@@H](O)[C@@]4(O)C[C@@H](O)C[C@H](O)[C@]4(C)[C@H]3CC[C@]12C)C(C)C. The zero-order valence-electron chi connectivity index (χ0n) is 22.5. The van der Waals surface area contributed by atoms with E-state index in [-0.39, 0.29) is 42.1 Å². The van der Waals surface area contributed by atoms with Crippen LogP contribution in [0.15, 0.2) is 0 Å². The standard InChI is InChI=1S/C29H52O5/c1-7-18(16(2)3)12-24(31)17(4)21-8-9-22-20-14-26(33)29(34)15-19(30)13-25(32)28(29,6)23(20)10-11-27(21,22)5/h16-26,30-34H,7-15H2,1-6H3/t17-,18+,19-,20-,21+,22-,23-,24+,25-,26+,27+,28-,29-/m0/s1. The first-order chi connectivity index (χ1) is 15.8. The highest BCUT2D eigenvalue weighted by Crippen LogP contribution is 2.69. The number of fused-ring (bicyclic) bond motifs is 5. The van der Waals surface area contributed by atoms with E-state index in [0.717, 1.165) is 38.5 Å². The van der Waals surface area contributed by atoms with Gasteiger partial charge in [-0.2, -0.15) is 0 Å². The predicted octanol–water partition coefficient (Wildman–Crippen LogP) is 4.13. The molecule has 4 rings (SSSR count). The molecule has 0 saturated heterocycles. The van der Waals surface area contributed by atoms with Crippen molar-refractivity contribution in [2.24, 2.45) is 52.3 Å². The Morgan fingerprint density at radius 1 is 0.912 bits per heavy atom. The van der Waals surface area contributed by atoms with Crippen molar-refractivity contribution in [2.75, 3.05) is 0 Å². The zero-order chi connectivity index (χ0) is 25.2. The molecule has 0 heterocycles. The minimum atomic E-state index is -1.44. The maximum absolute atomic E-state index is 11.7. The molecule has 5 heteroatoms. The Bertz CT molecular complexity index is 727. The lowest BCUT2D eigenvalue weighted by atomic mass is 9.41. The molecule has 4 saturated carbocycles. The molecule has 0 aromatic carbocycles. The van der Waals surface area contributed by atoms with Crippen molar-refractivity contribution in [1.82, 2.24) is 0 Å². The summed E-state index contributed by atoms with van der Waals surface area (Å²) in [5, 5.41) is 55.6. The molecule has 0 radical (unpaired) electrons. The number of aliphatic hydroxyl groups is 5. The third kappa shape index (κ3) is 3.83. The summed E-state index contributed by atoms with van der Waals surface area (Å²) in [5.74, 6) is 2.68. The van der Waals surface area contributed by atoms with Crippen molar-refractivity contribution in [3.8, 4) is 0 Å². The fourth-order valence-electron chi connectivity index (χ4n) is 9.94. The van der Waals surface area contributed by atoms with E-state index in [1.165, 1.54) is 0 Å². The molecule has 5 N–H and O–H groups in total. The number of rotatable bonds is 6. The van der Waals surface area contributed by atoms with E-state index in [2.05, 4.69) is 34.6 Å². The summed E-state index contributed by atoms with van der Waals surface area (Å²) in [6.07, 6.45) is 4.32. The first-order valence-electron chi connectivity index (χ1n) is 14.3. The van der Waals surface area contributed by atoms with Gasteiger partial charge < -0.3 is 25.5 Å². The summed E-state index contributed by atoms with van der Waals surface area (Å²) in [7, 11) is 0. The fraction of sp³-hybridized carbons (Fsp3) is 1.00. The predicted molar refractivity (Wildman–Crippen MR) is 134 cm³/mol. The maximum atomic E-state index is 11.7. The summed E-state index contributed by atoms with van der Waals surface area (Å²) < 4.78 is 0. The van der Waals surface area contributed by atoms with Gasteiger partial charge in [0, 0.05) is 11.8 Å². The van der Waals surface area contributed by atoms with E-state index >= 15 is 0 Å². The average molecular weight is 481 g/mol. The second kappa shape index (κ2) is 9.28. The van der Waals surface area contributed by atoms with Crippen LogP contribution >= 0.6 is 0 Å². The molecule has 34 heavy (non-hydrogen) atoms. The quantitative estimate of drug-likeness (QED) is 0.393. The van der Waals surface area contributed by atoms with Crippen molar-refractivity contribution < 1.29 is 25.5 Å². The van der Waals surface area contributed by atoms with Crippen LogP contribution in [-0.4, -0.2) is 55.5 Å². The van der Waals surface area contributed by atoms with Gasteiger partial charge in [-0.25, -0.2) is 0 Å². The first kappa shape index (κ1) is 26.9. The van der Waals surface area contributed by atoms with Crippen molar-refractivity contribution >= 4 is 0 Å². The van der Waals surface area contributed by atoms with E-state index in [1.54, 1.807) is 0 Å². The second-order valence-corrected chi connectivity index (χ2v) is 13.7. The van der Waals surface area contributed by atoms with Gasteiger partial charge in [-0.1, -0.05) is 48.0 Å². The molecule has 13 atom stereocenters. The molecule has 0 aliphatic heterocycles. The monoisotopic (exact) mass is 480 g/mol. The van der Waals surface area contributed by atoms with Crippen LogP contribution in [-0.2, 0) is 0 Å². The van der Waals surface area contributed by atoms with Crippen LogP contribution in [0.1, 0.15) is 99.3 Å². The number of aliphatic hydroxyl groups excluding tert-OH is 4. The van der Waals surface area contributed by atoms with E-state index < -0.39 is 29.3 Å². The van der Waals surface area contributed by atoms with E-state index in [9.17, 15) is 25.5 Å². The van der Waals surface area contributed by atoms with Gasteiger partial charge in [0.15, 0.2) is 0 Å². The van der Waals surface area contributed by atoms with Crippen LogP contribution in [0.3, 0.4) is 0 Å². The Morgan fingerprint density at radius 3 is 2.21 bits per heavy atom. The molecule has 4 aliphatic carbocycles. The Morgan fingerprint density at radius 2 is 1.59 bits per heavy atom. The van der Waals surface area contributed by atoms with Gasteiger partial charge in [-0.05, 0) is 91.8 Å². The van der Waals surface area contributed by atoms with Crippen molar-refractivity contribution in [3.63, 3.8) is 0 Å². The fourth-order valence-corrected chi connectivity index (χ4v) is 9.94. The molecule has 0 unspecified atom stereocenters. The molecule has 0 bridgehead atoms. The Labute approximate surface area is 207 Å². The van der Waals surface area contributed by atoms with Gasteiger partial charge in [0.25, 0.3) is 0 Å². The lowest BCUT2D eigenvalue weighted by Gasteiger charge is -2.66. The van der Waals surface area contributed by atoms with Gasteiger partial charge in [-0.3, -0.25) is 0 Å². The van der Waals surface area contributed by atoms with E-state index in [0.29, 0.717) is 30.1 Å². The van der Waals surface area contributed by atoms with Gasteiger partial charge in [0.2, 0.25) is 0 Å². The summed E-state index contributed by atoms with van der Waals surface area (Å²) in [6, 6.07) is 0. The highest BCUT2D eigenvalue weighted by atomic mass is 16.4. The second-order valence-electron chi connectivity index (χ2n) is 13.7. The molecule has 0 spiro atoms. The molecule has 0 aromatic heterocycles. The van der Waals surface area contributed by atoms with E-state index in [1.807, 2.05) is 6.92 Å². The molecule has 0 amide bonds. The third-order valence-corrected chi connectivity index (χ3v) is 12.2. The van der Waals surface area contributed by atoms with Crippen LogP contribution in [0.25, 0.3) is 0 Å². The highest BCUT2D eigenvalue weighted by molar-refractivity contribution is 5.19. The highest BCUT2D eigenvalue weighted by Gasteiger charge is 2.70. The van der Waals surface area contributed by atoms with Crippen LogP contribution in [0.4, 0.5) is 0 Å². The van der Waals surface area contributed by atoms with Crippen LogP contribution < -0.4 is 0 Å². The summed E-state index contributed by atoms with van der Waals surface area (Å²) in [6.45, 7) is 13.4. The van der Waals surface area contributed by atoms with Gasteiger partial charge in [0.1, 0.15) is 5.60 Å². The molecule has 4 aliphatic rings. The van der Waals surface area contributed by atoms with Gasteiger partial charge in [0.05, 0.1) is 24.4 Å². The van der Waals surface area contributed by atoms with Crippen molar-refractivity contribution in [1.29, 1.82) is 0 Å². The van der Waals surface area contributed by atoms with Crippen molar-refractivity contribution in [2.45, 2.75) is 129 Å². The maximum Gasteiger partial charge on any atom is 0.101 e. The minimum Gasteiger partial charge on any atom is -0.393 e. The summed E-state index contributed by atoms with van der Waals surface area (Å²) in [4.78, 5) is 0. The summed E-state index contributed by atoms with van der Waals surface area (Å²) in [5.41, 5.74) is -2.12. The normalized spacial score (nSPS) is 51.4. The Kier molecular flexibility index (Phi) is 7.33. The summed E-state index contributed by atoms with van der Waals surface area (Å²) >= 11 is 0. The van der Waals surface area contributed by atoms with Crippen molar-refractivity contribution in [3.05, 3.63) is 0 Å². The molecule has 5 nitrogen and oxygen atoms in total. The molecular formula is C29H52O5. The van der Waals surface area contributed by atoms with Crippen LogP contribution in [0.5, 0.6) is 0 Å². The lowest BCUT2D eigenvalue weighted by molar-refractivity contribution is -0.295. The Hall–Kier alpha value is -0.200. The third-order valence-electron chi connectivity index (χ3n) is 12.2. The van der Waals surface area contributed by atoms with Crippen LogP contribution in [0.2, 0.25) is 0 Å². The van der Waals surface area contributed by atoms with Crippen LogP contribution in [0, 0.1) is 52.3 Å². The minimum absolute atomic E-state index is 0.117. The zero-order valence-corrected chi connectivity index (χ0v) is 22.5. The molecule has 4 fully saturated rings. The van der Waals surface area contributed by atoms with Gasteiger partial charge >= 0.3 is 0 Å². The molecule has 0 aromatic rings. The number of hydrogen-bond acceptors (Lipinski definition) is 5. The largest absolute Gasteiger partial charge is 0.393 e. The lowest BCUT2D eigenvalue weighted by Crippen LogP contribution is -2.72. The average Bonchev–Trinajstić information content (AvgIpc) is 3.11. The molecular weight excluding hydrogens is 428 g/mol. The first-order valence-corrected chi connectivity index (χ1v) is 14.3. The van der Waals surface area contributed by atoms with E-state index in [4.69, 9.17) is 0 Å². The number of hydrogen-bond donors (Lipinski definition) is 5. The van der Waals surface area contributed by atoms with Gasteiger partial charge in [-0.15, -0.1) is 0 Å². The molecule has 198 valence electrons. The Balaban J connectivity index is 1.57. The smallest absolute Gasteiger partial charge is 0.101 e. The topological polar surface area (TPSA) is 101 Å².